The van der Waals surface area contributed by atoms with Crippen LogP contribution >= 0.6 is 0 Å². The van der Waals surface area contributed by atoms with E-state index in [1.807, 2.05) is 48.7 Å². The van der Waals surface area contributed by atoms with Crippen LogP contribution in [0.25, 0.3) is 10.9 Å². The second kappa shape index (κ2) is 7.45. The van der Waals surface area contributed by atoms with Gasteiger partial charge in [-0.2, -0.15) is 0 Å². The van der Waals surface area contributed by atoms with Crippen molar-refractivity contribution in [2.75, 3.05) is 30.8 Å². The van der Waals surface area contributed by atoms with Gasteiger partial charge in [-0.05, 0) is 30.7 Å². The average Bonchev–Trinajstić information content (AvgIpc) is 2.62. The lowest BCUT2D eigenvalue weighted by Crippen LogP contribution is -2.10. The molecule has 0 aliphatic heterocycles. The lowest BCUT2D eigenvalue weighted by Gasteiger charge is -2.11. The molecule has 0 saturated carbocycles. The summed E-state index contributed by atoms with van der Waals surface area (Å²) in [5.74, 6) is 1.74. The maximum atomic E-state index is 5.36. The Morgan fingerprint density at radius 1 is 0.957 bits per heavy atom. The average molecular weight is 308 g/mol. The second-order valence-electron chi connectivity index (χ2n) is 5.17. The highest BCUT2D eigenvalue weighted by Crippen LogP contribution is 2.27. The fraction of sp³-hybridized carbons (Fsp3) is 0.222. The third-order valence-corrected chi connectivity index (χ3v) is 3.55. The van der Waals surface area contributed by atoms with Crippen LogP contribution in [0.15, 0.2) is 54.9 Å². The van der Waals surface area contributed by atoms with Gasteiger partial charge in [0.15, 0.2) is 0 Å². The highest BCUT2D eigenvalue weighted by molar-refractivity contribution is 5.91. The third-order valence-electron chi connectivity index (χ3n) is 3.55. The van der Waals surface area contributed by atoms with Gasteiger partial charge in [0.25, 0.3) is 0 Å². The second-order valence-corrected chi connectivity index (χ2v) is 5.17. The Labute approximate surface area is 135 Å². The standard InChI is InChI=1S/C18H20N4O/c1-23-15-12-14-6-4-9-22-18(14)16(13-15)19-10-5-11-21-17-7-2-3-8-20-17/h2-4,6-9,12-13,19H,5,10-11H2,1H3,(H,20,21). The number of rotatable bonds is 7. The van der Waals surface area contributed by atoms with Crippen molar-refractivity contribution in [1.82, 2.24) is 9.97 Å². The van der Waals surface area contributed by atoms with E-state index in [2.05, 4.69) is 20.6 Å². The maximum absolute atomic E-state index is 5.36. The van der Waals surface area contributed by atoms with E-state index < -0.39 is 0 Å². The van der Waals surface area contributed by atoms with Crippen molar-refractivity contribution in [2.45, 2.75) is 6.42 Å². The number of aromatic nitrogens is 2. The number of anilines is 2. The fourth-order valence-corrected chi connectivity index (χ4v) is 2.41. The number of hydrogen-bond donors (Lipinski definition) is 2. The molecular formula is C18H20N4O. The highest BCUT2D eigenvalue weighted by Gasteiger charge is 2.05. The summed E-state index contributed by atoms with van der Waals surface area (Å²) >= 11 is 0. The summed E-state index contributed by atoms with van der Waals surface area (Å²) < 4.78 is 5.36. The first kappa shape index (κ1) is 15.1. The highest BCUT2D eigenvalue weighted by atomic mass is 16.5. The summed E-state index contributed by atoms with van der Waals surface area (Å²) in [6, 6.07) is 13.8. The van der Waals surface area contributed by atoms with Crippen molar-refractivity contribution < 1.29 is 4.74 Å². The Bertz CT molecular complexity index is 761. The van der Waals surface area contributed by atoms with Gasteiger partial charge < -0.3 is 15.4 Å². The van der Waals surface area contributed by atoms with E-state index in [0.717, 1.165) is 47.7 Å². The van der Waals surface area contributed by atoms with Crippen molar-refractivity contribution in [3.8, 4) is 5.75 Å². The Balaban J connectivity index is 1.58. The van der Waals surface area contributed by atoms with Crippen molar-refractivity contribution in [3.63, 3.8) is 0 Å². The molecule has 0 amide bonds. The summed E-state index contributed by atoms with van der Waals surface area (Å²) in [7, 11) is 1.68. The monoisotopic (exact) mass is 308 g/mol. The minimum absolute atomic E-state index is 0.833. The van der Waals surface area contributed by atoms with Crippen molar-refractivity contribution in [3.05, 3.63) is 54.9 Å². The number of nitrogens with zero attached hydrogens (tertiary/aromatic N) is 2. The Hall–Kier alpha value is -2.82. The van der Waals surface area contributed by atoms with Gasteiger partial charge in [0.1, 0.15) is 11.6 Å². The SMILES string of the molecule is COc1cc(NCCCNc2ccccn2)c2ncccc2c1. The molecule has 0 saturated heterocycles. The molecule has 0 unspecified atom stereocenters. The van der Waals surface area contributed by atoms with E-state index in [-0.39, 0.29) is 0 Å². The normalized spacial score (nSPS) is 10.5. The largest absolute Gasteiger partial charge is 0.497 e. The predicted octanol–water partition coefficient (Wildman–Crippen LogP) is 3.55. The van der Waals surface area contributed by atoms with Crippen molar-refractivity contribution in [1.29, 1.82) is 0 Å². The molecule has 5 heteroatoms. The van der Waals surface area contributed by atoms with Crippen LogP contribution in [-0.4, -0.2) is 30.2 Å². The number of fused-ring (bicyclic) bond motifs is 1. The summed E-state index contributed by atoms with van der Waals surface area (Å²) in [5, 5.41) is 7.82. The molecule has 2 aromatic heterocycles. The molecule has 118 valence electrons. The Morgan fingerprint density at radius 3 is 2.65 bits per heavy atom. The molecule has 0 bridgehead atoms. The van der Waals surface area contributed by atoms with Gasteiger partial charge in [0.2, 0.25) is 0 Å². The van der Waals surface area contributed by atoms with Crippen LogP contribution in [0, 0.1) is 0 Å². The summed E-state index contributed by atoms with van der Waals surface area (Å²) in [4.78, 5) is 8.70. The minimum Gasteiger partial charge on any atom is -0.497 e. The fourth-order valence-electron chi connectivity index (χ4n) is 2.41. The summed E-state index contributed by atoms with van der Waals surface area (Å²) in [6.07, 6.45) is 4.57. The number of hydrogen-bond acceptors (Lipinski definition) is 5. The topological polar surface area (TPSA) is 59.1 Å². The Morgan fingerprint density at radius 2 is 1.83 bits per heavy atom. The summed E-state index contributed by atoms with van der Waals surface area (Å²) in [5.41, 5.74) is 1.96. The van der Waals surface area contributed by atoms with Gasteiger partial charge >= 0.3 is 0 Å². The van der Waals surface area contributed by atoms with E-state index in [1.54, 1.807) is 13.3 Å². The van der Waals surface area contributed by atoms with E-state index >= 15 is 0 Å². The molecule has 0 radical (unpaired) electrons. The molecule has 0 fully saturated rings. The lowest BCUT2D eigenvalue weighted by molar-refractivity contribution is 0.415. The van der Waals surface area contributed by atoms with Crippen LogP contribution in [0.4, 0.5) is 11.5 Å². The molecule has 2 N–H and O–H groups in total. The van der Waals surface area contributed by atoms with Gasteiger partial charge in [-0.15, -0.1) is 0 Å². The number of nitrogens with one attached hydrogen (secondary N) is 2. The predicted molar refractivity (Wildman–Crippen MR) is 94.1 cm³/mol. The van der Waals surface area contributed by atoms with Gasteiger partial charge in [0, 0.05) is 36.9 Å². The number of ether oxygens (including phenoxy) is 1. The Kier molecular flexibility index (Phi) is 4.88. The van der Waals surface area contributed by atoms with Crippen LogP contribution in [-0.2, 0) is 0 Å². The van der Waals surface area contributed by atoms with Crippen LogP contribution in [0.2, 0.25) is 0 Å². The minimum atomic E-state index is 0.833. The van der Waals surface area contributed by atoms with Crippen LogP contribution in [0.1, 0.15) is 6.42 Å². The van der Waals surface area contributed by atoms with Gasteiger partial charge in [-0.25, -0.2) is 4.98 Å². The van der Waals surface area contributed by atoms with Gasteiger partial charge in [-0.3, -0.25) is 4.98 Å². The van der Waals surface area contributed by atoms with E-state index in [9.17, 15) is 0 Å². The van der Waals surface area contributed by atoms with Gasteiger partial charge in [-0.1, -0.05) is 12.1 Å². The smallest absolute Gasteiger partial charge is 0.125 e. The molecule has 23 heavy (non-hydrogen) atoms. The first-order valence-electron chi connectivity index (χ1n) is 7.68. The molecule has 0 spiro atoms. The lowest BCUT2D eigenvalue weighted by atomic mass is 10.1. The van der Waals surface area contributed by atoms with Gasteiger partial charge in [0.05, 0.1) is 18.3 Å². The van der Waals surface area contributed by atoms with E-state index in [4.69, 9.17) is 4.74 Å². The molecule has 0 aliphatic carbocycles. The third kappa shape index (κ3) is 3.88. The molecule has 1 aromatic carbocycles. The maximum Gasteiger partial charge on any atom is 0.125 e. The molecule has 5 nitrogen and oxygen atoms in total. The molecule has 2 heterocycles. The number of methoxy groups -OCH3 is 1. The van der Waals surface area contributed by atoms with E-state index in [1.165, 1.54) is 0 Å². The zero-order valence-electron chi connectivity index (χ0n) is 13.1. The first-order valence-corrected chi connectivity index (χ1v) is 7.68. The van der Waals surface area contributed by atoms with Crippen LogP contribution in [0.3, 0.4) is 0 Å². The van der Waals surface area contributed by atoms with Crippen molar-refractivity contribution in [2.24, 2.45) is 0 Å². The molecule has 0 aliphatic rings. The number of benzene rings is 1. The molecular weight excluding hydrogens is 288 g/mol. The van der Waals surface area contributed by atoms with Crippen molar-refractivity contribution >= 4 is 22.4 Å². The molecule has 3 aromatic rings. The van der Waals surface area contributed by atoms with E-state index in [0.29, 0.717) is 0 Å². The first-order chi connectivity index (χ1) is 11.4. The molecule has 0 atom stereocenters. The molecule has 3 rings (SSSR count). The van der Waals surface area contributed by atoms with Crippen LogP contribution < -0.4 is 15.4 Å². The zero-order valence-corrected chi connectivity index (χ0v) is 13.1. The quantitative estimate of drug-likeness (QED) is 0.654. The number of pyridine rings is 2. The summed E-state index contributed by atoms with van der Waals surface area (Å²) in [6.45, 7) is 1.71. The zero-order chi connectivity index (χ0) is 15.9. The van der Waals surface area contributed by atoms with Crippen LogP contribution in [0.5, 0.6) is 5.75 Å².